The van der Waals surface area contributed by atoms with E-state index in [1.807, 2.05) is 21.9 Å². The second-order valence-electron chi connectivity index (χ2n) is 7.12. The summed E-state index contributed by atoms with van der Waals surface area (Å²) in [7, 11) is 0. The summed E-state index contributed by atoms with van der Waals surface area (Å²) in [4.78, 5) is 39.6. The van der Waals surface area contributed by atoms with Crippen LogP contribution >= 0.6 is 0 Å². The molecule has 2 aliphatic heterocycles. The summed E-state index contributed by atoms with van der Waals surface area (Å²) in [5, 5.41) is 2.12. The molecule has 0 aliphatic carbocycles. The maximum absolute atomic E-state index is 12.9. The molecular formula is C19H26N4O3. The van der Waals surface area contributed by atoms with Crippen molar-refractivity contribution in [3.05, 3.63) is 35.4 Å². The molecule has 1 fully saturated rings. The van der Waals surface area contributed by atoms with Gasteiger partial charge in [-0.2, -0.15) is 0 Å². The van der Waals surface area contributed by atoms with E-state index in [-0.39, 0.29) is 11.8 Å². The smallest absolute Gasteiger partial charge is 0.318 e. The normalized spacial score (nSPS) is 19.5. The van der Waals surface area contributed by atoms with Crippen LogP contribution in [0.1, 0.15) is 30.9 Å². The summed E-state index contributed by atoms with van der Waals surface area (Å²) in [5.41, 5.74) is 7.57. The van der Waals surface area contributed by atoms with Gasteiger partial charge in [-0.25, -0.2) is 4.79 Å². The molecule has 0 spiro atoms. The van der Waals surface area contributed by atoms with Crippen LogP contribution in [0.3, 0.4) is 0 Å². The molecule has 7 nitrogen and oxygen atoms in total. The Kier molecular flexibility index (Phi) is 5.56. The van der Waals surface area contributed by atoms with Crippen molar-refractivity contribution in [3.8, 4) is 0 Å². The number of fused-ring (bicyclic) bond motifs is 1. The number of amides is 4. The van der Waals surface area contributed by atoms with E-state index in [4.69, 9.17) is 5.73 Å². The van der Waals surface area contributed by atoms with E-state index in [1.54, 1.807) is 6.92 Å². The van der Waals surface area contributed by atoms with Crippen molar-refractivity contribution in [3.63, 3.8) is 0 Å². The predicted octanol–water partition coefficient (Wildman–Crippen LogP) is 0.867. The average Bonchev–Trinajstić information content (AvgIpc) is 2.66. The number of benzene rings is 1. The first-order chi connectivity index (χ1) is 12.5. The van der Waals surface area contributed by atoms with Crippen molar-refractivity contribution < 1.29 is 14.4 Å². The SMILES string of the molecule is C[C@H](C(=O)NC(N)=O)N1CCC(C(=O)N2CCc3ccccc3C2)CC1. The quantitative estimate of drug-likeness (QED) is 0.838. The number of rotatable bonds is 3. The zero-order valence-corrected chi connectivity index (χ0v) is 15.1. The van der Waals surface area contributed by atoms with Gasteiger partial charge in [0.05, 0.1) is 6.04 Å². The fraction of sp³-hybridized carbons (Fsp3) is 0.526. The molecule has 0 saturated carbocycles. The number of hydrogen-bond donors (Lipinski definition) is 2. The van der Waals surface area contributed by atoms with Crippen molar-refractivity contribution in [1.29, 1.82) is 0 Å². The van der Waals surface area contributed by atoms with Crippen LogP contribution in [0.25, 0.3) is 0 Å². The van der Waals surface area contributed by atoms with Gasteiger partial charge in [0.2, 0.25) is 11.8 Å². The molecule has 1 saturated heterocycles. The minimum Gasteiger partial charge on any atom is -0.351 e. The highest BCUT2D eigenvalue weighted by Gasteiger charge is 2.33. The Hall–Kier alpha value is -2.41. The molecule has 0 bridgehead atoms. The maximum atomic E-state index is 12.9. The fourth-order valence-corrected chi connectivity index (χ4v) is 3.87. The van der Waals surface area contributed by atoms with Crippen LogP contribution in [0.5, 0.6) is 0 Å². The van der Waals surface area contributed by atoms with Crippen LogP contribution in [-0.2, 0) is 22.6 Å². The fourth-order valence-electron chi connectivity index (χ4n) is 3.87. The first kappa shape index (κ1) is 18.4. The number of carbonyl (C=O) groups is 3. The van der Waals surface area contributed by atoms with Crippen LogP contribution in [0, 0.1) is 5.92 Å². The highest BCUT2D eigenvalue weighted by molar-refractivity contribution is 5.96. The van der Waals surface area contributed by atoms with E-state index in [0.29, 0.717) is 19.6 Å². The molecule has 0 unspecified atom stereocenters. The van der Waals surface area contributed by atoms with E-state index in [1.165, 1.54) is 11.1 Å². The number of primary amides is 1. The number of carbonyl (C=O) groups excluding carboxylic acids is 3. The molecule has 4 amide bonds. The third-order valence-corrected chi connectivity index (χ3v) is 5.49. The van der Waals surface area contributed by atoms with Gasteiger partial charge in [0.25, 0.3) is 0 Å². The van der Waals surface area contributed by atoms with Crippen molar-refractivity contribution >= 4 is 17.8 Å². The summed E-state index contributed by atoms with van der Waals surface area (Å²) >= 11 is 0. The summed E-state index contributed by atoms with van der Waals surface area (Å²) in [5.74, 6) is -0.175. The summed E-state index contributed by atoms with van der Waals surface area (Å²) in [6.45, 7) is 4.53. The summed E-state index contributed by atoms with van der Waals surface area (Å²) in [6, 6.07) is 7.02. The number of imide groups is 1. The van der Waals surface area contributed by atoms with Gasteiger partial charge in [0.15, 0.2) is 0 Å². The number of nitrogens with zero attached hydrogens (tertiary/aromatic N) is 2. The molecule has 26 heavy (non-hydrogen) atoms. The largest absolute Gasteiger partial charge is 0.351 e. The Labute approximate surface area is 153 Å². The molecule has 140 valence electrons. The molecule has 7 heteroatoms. The van der Waals surface area contributed by atoms with Gasteiger partial charge in [-0.3, -0.25) is 19.8 Å². The predicted molar refractivity (Wildman–Crippen MR) is 97.0 cm³/mol. The minimum absolute atomic E-state index is 0.00270. The zero-order chi connectivity index (χ0) is 18.7. The van der Waals surface area contributed by atoms with Gasteiger partial charge in [-0.15, -0.1) is 0 Å². The van der Waals surface area contributed by atoms with Crippen LogP contribution in [0.15, 0.2) is 24.3 Å². The Balaban J connectivity index is 1.53. The van der Waals surface area contributed by atoms with E-state index in [2.05, 4.69) is 17.4 Å². The van der Waals surface area contributed by atoms with E-state index in [0.717, 1.165) is 25.8 Å². The van der Waals surface area contributed by atoms with E-state index < -0.39 is 18.0 Å². The van der Waals surface area contributed by atoms with Gasteiger partial charge in [-0.1, -0.05) is 24.3 Å². The average molecular weight is 358 g/mol. The van der Waals surface area contributed by atoms with Crippen LogP contribution in [0.2, 0.25) is 0 Å². The standard InChI is InChI=1S/C19H26N4O3/c1-13(17(24)21-19(20)26)22-9-7-15(8-10-22)18(25)23-11-6-14-4-2-3-5-16(14)12-23/h2-5,13,15H,6-12H2,1H3,(H3,20,21,24,26)/t13-/m1/s1. The van der Waals surface area contributed by atoms with Crippen molar-refractivity contribution in [2.75, 3.05) is 19.6 Å². The number of likely N-dealkylation sites (tertiary alicyclic amines) is 1. The molecule has 1 aromatic carbocycles. The Bertz CT molecular complexity index is 698. The lowest BCUT2D eigenvalue weighted by Crippen LogP contribution is -2.52. The maximum Gasteiger partial charge on any atom is 0.318 e. The van der Waals surface area contributed by atoms with Crippen LogP contribution in [0.4, 0.5) is 4.79 Å². The Morgan fingerprint density at radius 2 is 1.77 bits per heavy atom. The van der Waals surface area contributed by atoms with Crippen molar-refractivity contribution in [1.82, 2.24) is 15.1 Å². The van der Waals surface area contributed by atoms with E-state index >= 15 is 0 Å². The van der Waals surface area contributed by atoms with Crippen molar-refractivity contribution in [2.45, 2.75) is 38.8 Å². The van der Waals surface area contributed by atoms with Crippen LogP contribution < -0.4 is 11.1 Å². The number of urea groups is 1. The molecule has 3 N–H and O–H groups in total. The van der Waals surface area contributed by atoms with Gasteiger partial charge >= 0.3 is 6.03 Å². The Morgan fingerprint density at radius 1 is 1.12 bits per heavy atom. The van der Waals surface area contributed by atoms with E-state index in [9.17, 15) is 14.4 Å². The zero-order valence-electron chi connectivity index (χ0n) is 15.1. The highest BCUT2D eigenvalue weighted by atomic mass is 16.2. The molecule has 0 aromatic heterocycles. The van der Waals surface area contributed by atoms with Gasteiger partial charge < -0.3 is 10.6 Å². The molecule has 2 heterocycles. The number of nitrogens with one attached hydrogen (secondary N) is 1. The summed E-state index contributed by atoms with van der Waals surface area (Å²) < 4.78 is 0. The van der Waals surface area contributed by atoms with Gasteiger partial charge in [0.1, 0.15) is 0 Å². The highest BCUT2D eigenvalue weighted by Crippen LogP contribution is 2.25. The molecule has 0 radical (unpaired) electrons. The molecule has 3 rings (SSSR count). The third kappa shape index (κ3) is 4.04. The monoisotopic (exact) mass is 358 g/mol. The van der Waals surface area contributed by atoms with Gasteiger partial charge in [-0.05, 0) is 50.4 Å². The first-order valence-electron chi connectivity index (χ1n) is 9.15. The van der Waals surface area contributed by atoms with Gasteiger partial charge in [0, 0.05) is 19.0 Å². The van der Waals surface area contributed by atoms with Crippen LogP contribution in [-0.4, -0.2) is 53.3 Å². The second-order valence-corrected chi connectivity index (χ2v) is 7.12. The lowest BCUT2D eigenvalue weighted by Gasteiger charge is -2.37. The molecule has 1 atom stereocenters. The minimum atomic E-state index is -0.836. The summed E-state index contributed by atoms with van der Waals surface area (Å²) in [6.07, 6.45) is 2.36. The number of piperidine rings is 1. The third-order valence-electron chi connectivity index (χ3n) is 5.49. The lowest BCUT2D eigenvalue weighted by molar-refractivity contribution is -0.138. The molecule has 1 aromatic rings. The second kappa shape index (κ2) is 7.86. The topological polar surface area (TPSA) is 95.7 Å². The molecule has 2 aliphatic rings. The first-order valence-corrected chi connectivity index (χ1v) is 9.15. The molecular weight excluding hydrogens is 332 g/mol. The number of hydrogen-bond acceptors (Lipinski definition) is 4. The number of nitrogens with two attached hydrogens (primary N) is 1. The lowest BCUT2D eigenvalue weighted by atomic mass is 9.92. The van der Waals surface area contributed by atoms with Crippen molar-refractivity contribution in [2.24, 2.45) is 11.7 Å². The Morgan fingerprint density at radius 3 is 2.42 bits per heavy atom.